The number of aliphatic hydroxyl groups excluding tert-OH is 1. The van der Waals surface area contributed by atoms with Gasteiger partial charge < -0.3 is 10.0 Å². The highest BCUT2D eigenvalue weighted by Gasteiger charge is 2.63. The lowest BCUT2D eigenvalue weighted by Crippen LogP contribution is -2.24. The Hall–Kier alpha value is -0.0800. The summed E-state index contributed by atoms with van der Waals surface area (Å²) < 4.78 is 0. The van der Waals surface area contributed by atoms with Crippen LogP contribution in [0.4, 0.5) is 0 Å². The van der Waals surface area contributed by atoms with Crippen LogP contribution in [0.25, 0.3) is 0 Å². The van der Waals surface area contributed by atoms with Gasteiger partial charge >= 0.3 is 0 Å². The third-order valence-corrected chi connectivity index (χ3v) is 4.61. The van der Waals surface area contributed by atoms with Gasteiger partial charge in [0.2, 0.25) is 0 Å². The number of aliphatic hydroxyl groups is 1. The van der Waals surface area contributed by atoms with Gasteiger partial charge in [0.25, 0.3) is 0 Å². The van der Waals surface area contributed by atoms with E-state index >= 15 is 0 Å². The minimum atomic E-state index is 0.341. The van der Waals surface area contributed by atoms with E-state index < -0.39 is 0 Å². The second kappa shape index (κ2) is 2.71. The van der Waals surface area contributed by atoms with Crippen LogP contribution in [0.2, 0.25) is 0 Å². The Morgan fingerprint density at radius 2 is 2.15 bits per heavy atom. The Morgan fingerprint density at radius 3 is 2.92 bits per heavy atom. The predicted octanol–water partition coefficient (Wildman–Crippen LogP) is 1.10. The number of nitrogens with zero attached hydrogens (tertiary/aromatic N) is 1. The SMILES string of the molecule is OCCN1CC2CCCC3CC23C1. The predicted molar refractivity (Wildman–Crippen MR) is 51.4 cm³/mol. The lowest BCUT2D eigenvalue weighted by Gasteiger charge is -2.23. The Labute approximate surface area is 79.9 Å². The second-order valence-electron chi connectivity index (χ2n) is 5.22. The molecule has 0 aromatic heterocycles. The molecule has 3 aliphatic rings. The van der Waals surface area contributed by atoms with E-state index in [4.69, 9.17) is 5.11 Å². The maximum atomic E-state index is 8.92. The highest BCUT2D eigenvalue weighted by atomic mass is 16.3. The summed E-state index contributed by atoms with van der Waals surface area (Å²) >= 11 is 0. The highest BCUT2D eigenvalue weighted by Crippen LogP contribution is 2.66. The fourth-order valence-electron chi connectivity index (χ4n) is 3.89. The van der Waals surface area contributed by atoms with Crippen LogP contribution in [0.3, 0.4) is 0 Å². The van der Waals surface area contributed by atoms with Crippen LogP contribution in [0, 0.1) is 17.3 Å². The fraction of sp³-hybridized carbons (Fsp3) is 1.00. The molecule has 3 fully saturated rings. The maximum Gasteiger partial charge on any atom is 0.0558 e. The van der Waals surface area contributed by atoms with Gasteiger partial charge in [-0.05, 0) is 36.5 Å². The van der Waals surface area contributed by atoms with Crippen molar-refractivity contribution in [3.63, 3.8) is 0 Å². The first-order valence-electron chi connectivity index (χ1n) is 5.68. The molecule has 2 nitrogen and oxygen atoms in total. The molecular weight excluding hydrogens is 162 g/mol. The summed E-state index contributed by atoms with van der Waals surface area (Å²) in [5.74, 6) is 2.05. The number of likely N-dealkylation sites (tertiary alicyclic amines) is 1. The zero-order chi connectivity index (χ0) is 8.89. The molecule has 1 spiro atoms. The van der Waals surface area contributed by atoms with Crippen molar-refractivity contribution in [3.8, 4) is 0 Å². The van der Waals surface area contributed by atoms with E-state index in [0.717, 1.165) is 23.8 Å². The monoisotopic (exact) mass is 181 g/mol. The molecule has 0 bridgehead atoms. The van der Waals surface area contributed by atoms with Gasteiger partial charge in [0.15, 0.2) is 0 Å². The van der Waals surface area contributed by atoms with E-state index in [1.165, 1.54) is 38.8 Å². The highest BCUT2D eigenvalue weighted by molar-refractivity contribution is 5.13. The van der Waals surface area contributed by atoms with E-state index in [9.17, 15) is 0 Å². The molecule has 2 aliphatic carbocycles. The van der Waals surface area contributed by atoms with Crippen LogP contribution in [-0.4, -0.2) is 36.2 Å². The van der Waals surface area contributed by atoms with Gasteiger partial charge in [-0.3, -0.25) is 0 Å². The number of hydrogen-bond acceptors (Lipinski definition) is 2. The molecule has 74 valence electrons. The van der Waals surface area contributed by atoms with Crippen molar-refractivity contribution >= 4 is 0 Å². The van der Waals surface area contributed by atoms with Gasteiger partial charge in [-0.2, -0.15) is 0 Å². The number of β-amino-alcohol motifs (C(OH)–C–C–N with tert-alkyl or cyclic N) is 1. The van der Waals surface area contributed by atoms with Crippen molar-refractivity contribution in [2.45, 2.75) is 25.7 Å². The van der Waals surface area contributed by atoms with Gasteiger partial charge in [0.1, 0.15) is 0 Å². The third kappa shape index (κ3) is 1.08. The number of hydrogen-bond donors (Lipinski definition) is 1. The Kier molecular flexibility index (Phi) is 1.72. The van der Waals surface area contributed by atoms with Gasteiger partial charge in [-0.1, -0.05) is 6.42 Å². The van der Waals surface area contributed by atoms with Gasteiger partial charge in [-0.15, -0.1) is 0 Å². The van der Waals surface area contributed by atoms with E-state index in [1.807, 2.05) is 0 Å². The van der Waals surface area contributed by atoms with Crippen LogP contribution in [0.15, 0.2) is 0 Å². The molecule has 0 radical (unpaired) electrons. The first kappa shape index (κ1) is 8.25. The van der Waals surface area contributed by atoms with E-state index in [0.29, 0.717) is 6.61 Å². The summed E-state index contributed by atoms with van der Waals surface area (Å²) in [5.41, 5.74) is 0.743. The molecule has 0 amide bonds. The standard InChI is InChI=1S/C11H19NO/c13-5-4-12-7-10-3-1-2-9-6-11(9,10)8-12/h9-10,13H,1-8H2. The fourth-order valence-corrected chi connectivity index (χ4v) is 3.89. The second-order valence-corrected chi connectivity index (χ2v) is 5.22. The summed E-state index contributed by atoms with van der Waals surface area (Å²) in [5, 5.41) is 8.92. The van der Waals surface area contributed by atoms with Crippen molar-refractivity contribution < 1.29 is 5.11 Å². The normalized spacial score (nSPS) is 48.7. The minimum absolute atomic E-state index is 0.341. The zero-order valence-corrected chi connectivity index (χ0v) is 8.21. The Balaban J connectivity index is 1.71. The molecule has 0 aromatic carbocycles. The summed E-state index contributed by atoms with van der Waals surface area (Å²) in [4.78, 5) is 2.48. The number of rotatable bonds is 2. The largest absolute Gasteiger partial charge is 0.395 e. The van der Waals surface area contributed by atoms with Crippen molar-refractivity contribution in [3.05, 3.63) is 0 Å². The van der Waals surface area contributed by atoms with E-state index in [1.54, 1.807) is 0 Å². The molecule has 1 aliphatic heterocycles. The summed E-state index contributed by atoms with van der Waals surface area (Å²) in [6.07, 6.45) is 5.91. The first-order valence-corrected chi connectivity index (χ1v) is 5.68. The van der Waals surface area contributed by atoms with Crippen molar-refractivity contribution in [2.75, 3.05) is 26.2 Å². The van der Waals surface area contributed by atoms with E-state index in [-0.39, 0.29) is 0 Å². The third-order valence-electron chi connectivity index (χ3n) is 4.61. The molecule has 1 saturated heterocycles. The molecule has 3 atom stereocenters. The van der Waals surface area contributed by atoms with Crippen LogP contribution in [0.5, 0.6) is 0 Å². The van der Waals surface area contributed by atoms with Crippen molar-refractivity contribution in [1.29, 1.82) is 0 Å². The van der Waals surface area contributed by atoms with Crippen molar-refractivity contribution in [2.24, 2.45) is 17.3 Å². The van der Waals surface area contributed by atoms with Crippen molar-refractivity contribution in [1.82, 2.24) is 4.90 Å². The molecule has 2 saturated carbocycles. The van der Waals surface area contributed by atoms with Crippen LogP contribution >= 0.6 is 0 Å². The Morgan fingerprint density at radius 1 is 1.31 bits per heavy atom. The molecule has 2 heteroatoms. The lowest BCUT2D eigenvalue weighted by molar-refractivity contribution is 0.214. The molecule has 1 heterocycles. The quantitative estimate of drug-likeness (QED) is 0.689. The first-order chi connectivity index (χ1) is 6.35. The molecule has 0 aromatic rings. The van der Waals surface area contributed by atoms with Gasteiger partial charge in [0.05, 0.1) is 6.61 Å². The minimum Gasteiger partial charge on any atom is -0.395 e. The average Bonchev–Trinajstić information content (AvgIpc) is 2.70. The zero-order valence-electron chi connectivity index (χ0n) is 8.21. The maximum absolute atomic E-state index is 8.92. The summed E-state index contributed by atoms with van der Waals surface area (Å²) in [6.45, 7) is 3.82. The molecule has 3 unspecified atom stereocenters. The average molecular weight is 181 g/mol. The van der Waals surface area contributed by atoms with Crippen LogP contribution < -0.4 is 0 Å². The summed E-state index contributed by atoms with van der Waals surface area (Å²) in [7, 11) is 0. The topological polar surface area (TPSA) is 23.5 Å². The molecular formula is C11H19NO. The van der Waals surface area contributed by atoms with Gasteiger partial charge in [0, 0.05) is 19.6 Å². The molecule has 1 N–H and O–H groups in total. The molecule has 3 rings (SSSR count). The smallest absolute Gasteiger partial charge is 0.0558 e. The lowest BCUT2D eigenvalue weighted by atomic mass is 9.81. The van der Waals surface area contributed by atoms with Crippen LogP contribution in [0.1, 0.15) is 25.7 Å². The molecule has 13 heavy (non-hydrogen) atoms. The van der Waals surface area contributed by atoms with E-state index in [2.05, 4.69) is 4.90 Å². The Bertz CT molecular complexity index is 218. The van der Waals surface area contributed by atoms with Gasteiger partial charge in [-0.25, -0.2) is 0 Å². The van der Waals surface area contributed by atoms with Crippen LogP contribution in [-0.2, 0) is 0 Å². The summed E-state index contributed by atoms with van der Waals surface area (Å²) in [6, 6.07) is 0.